The maximum atomic E-state index is 11.9. The highest BCUT2D eigenvalue weighted by atomic mass is 32.2. The molecule has 0 atom stereocenters. The van der Waals surface area contributed by atoms with E-state index in [1.54, 1.807) is 0 Å². The van der Waals surface area contributed by atoms with Gasteiger partial charge in [-0.15, -0.1) is 5.10 Å². The number of hydrazine groups is 1. The molecule has 1 heterocycles. The lowest BCUT2D eigenvalue weighted by molar-refractivity contribution is -0.384. The van der Waals surface area contributed by atoms with Gasteiger partial charge >= 0.3 is 0 Å². The van der Waals surface area contributed by atoms with E-state index in [1.807, 2.05) is 0 Å². The minimum Gasteiger partial charge on any atom is -0.272 e. The van der Waals surface area contributed by atoms with E-state index in [0.29, 0.717) is 11.1 Å². The number of aromatic amines is 1. The van der Waals surface area contributed by atoms with Crippen LogP contribution in [0.2, 0.25) is 0 Å². The summed E-state index contributed by atoms with van der Waals surface area (Å²) < 4.78 is 0. The number of carbonyl (C=O) groups excluding carboxylic acids is 2. The molecule has 1 aliphatic rings. The number of H-pyrrole nitrogens is 1. The Hall–Kier alpha value is -2.95. The Bertz CT molecular complexity index is 848. The van der Waals surface area contributed by atoms with Crippen molar-refractivity contribution in [1.82, 2.24) is 26.0 Å². The van der Waals surface area contributed by atoms with Crippen LogP contribution in [0.5, 0.6) is 0 Å². The van der Waals surface area contributed by atoms with Gasteiger partial charge in [-0.1, -0.05) is 37.4 Å². The van der Waals surface area contributed by atoms with Gasteiger partial charge in [0.15, 0.2) is 0 Å². The minimum absolute atomic E-state index is 0.0429. The minimum atomic E-state index is -0.565. The average Bonchev–Trinajstić information content (AvgIpc) is 3.37. The number of nitrogens with one attached hydrogen (secondary N) is 3. The van der Waals surface area contributed by atoms with Crippen LogP contribution in [0.1, 0.15) is 41.9 Å². The lowest BCUT2D eigenvalue weighted by atomic mass is 10.0. The number of rotatable bonds is 7. The Kier molecular flexibility index (Phi) is 6.58. The first-order valence-corrected chi connectivity index (χ1v) is 9.87. The van der Waals surface area contributed by atoms with Gasteiger partial charge < -0.3 is 0 Å². The molecule has 2 amide bonds. The van der Waals surface area contributed by atoms with Crippen LogP contribution in [0, 0.1) is 16.0 Å². The van der Waals surface area contributed by atoms with Crippen LogP contribution < -0.4 is 10.9 Å². The summed E-state index contributed by atoms with van der Waals surface area (Å²) in [4.78, 5) is 38.3. The Balaban J connectivity index is 1.40. The Morgan fingerprint density at radius 1 is 1.21 bits per heavy atom. The number of nitro benzene ring substituents is 1. The molecule has 3 N–H and O–H groups in total. The molecule has 0 spiro atoms. The third-order valence-electron chi connectivity index (χ3n) is 4.46. The monoisotopic (exact) mass is 404 g/mol. The summed E-state index contributed by atoms with van der Waals surface area (Å²) in [6, 6.07) is 5.07. The number of nitro groups is 1. The maximum Gasteiger partial charge on any atom is 0.269 e. The number of benzene rings is 1. The first kappa shape index (κ1) is 19.8. The molecule has 28 heavy (non-hydrogen) atoms. The number of carbonyl (C=O) groups is 2. The predicted molar refractivity (Wildman–Crippen MR) is 101 cm³/mol. The summed E-state index contributed by atoms with van der Waals surface area (Å²) in [5, 5.41) is 18.1. The molecule has 1 aromatic carbocycles. The van der Waals surface area contributed by atoms with E-state index in [9.17, 15) is 19.7 Å². The van der Waals surface area contributed by atoms with Gasteiger partial charge in [-0.3, -0.25) is 35.7 Å². The van der Waals surface area contributed by atoms with Gasteiger partial charge in [0.05, 0.1) is 10.7 Å². The molecule has 1 fully saturated rings. The normalized spacial score (nSPS) is 14.0. The number of hydrogen-bond donors (Lipinski definition) is 3. The number of nitrogens with zero attached hydrogens (tertiary/aromatic N) is 3. The summed E-state index contributed by atoms with van der Waals surface area (Å²) in [5.74, 6) is 0.554. The molecule has 0 aliphatic heterocycles. The number of aromatic nitrogens is 3. The van der Waals surface area contributed by atoms with Crippen LogP contribution in [0.4, 0.5) is 5.69 Å². The van der Waals surface area contributed by atoms with Crippen LogP contribution in [-0.2, 0) is 11.2 Å². The van der Waals surface area contributed by atoms with E-state index < -0.39 is 16.7 Å². The zero-order valence-corrected chi connectivity index (χ0v) is 15.8. The van der Waals surface area contributed by atoms with Crippen molar-refractivity contribution in [3.05, 3.63) is 45.8 Å². The molecule has 148 valence electrons. The lowest BCUT2D eigenvalue weighted by Gasteiger charge is -2.06. The number of non-ortho nitro benzene ring substituents is 1. The number of thioether (sulfide) groups is 1. The molecule has 0 unspecified atom stereocenters. The highest BCUT2D eigenvalue weighted by Crippen LogP contribution is 2.27. The van der Waals surface area contributed by atoms with Crippen LogP contribution in [0.3, 0.4) is 0 Å². The zero-order valence-electron chi connectivity index (χ0n) is 15.0. The largest absolute Gasteiger partial charge is 0.272 e. The highest BCUT2D eigenvalue weighted by Gasteiger charge is 2.18. The fraction of sp³-hybridized carbons (Fsp3) is 0.412. The standard InChI is InChI=1S/C17H20N6O4S/c24-15(20-21-16(25)12-5-7-13(8-6-12)23(26)27)10-28-17-18-14(19-22-17)9-11-3-1-2-4-11/h5-8,11H,1-4,9-10H2,(H,20,24)(H,21,25)(H,18,19,22). The van der Waals surface area contributed by atoms with E-state index in [2.05, 4.69) is 26.0 Å². The molecule has 10 nitrogen and oxygen atoms in total. The molecule has 0 bridgehead atoms. The van der Waals surface area contributed by atoms with Crippen molar-refractivity contribution in [3.8, 4) is 0 Å². The van der Waals surface area contributed by atoms with E-state index >= 15 is 0 Å². The van der Waals surface area contributed by atoms with Gasteiger partial charge in [-0.05, 0) is 18.1 Å². The van der Waals surface area contributed by atoms with Crippen molar-refractivity contribution in [2.24, 2.45) is 5.92 Å². The molecule has 0 radical (unpaired) electrons. The molecule has 0 saturated heterocycles. The van der Waals surface area contributed by atoms with Crippen molar-refractivity contribution < 1.29 is 14.5 Å². The van der Waals surface area contributed by atoms with Gasteiger partial charge in [0.2, 0.25) is 11.1 Å². The van der Waals surface area contributed by atoms with Gasteiger partial charge in [0, 0.05) is 24.1 Å². The average molecular weight is 404 g/mol. The summed E-state index contributed by atoms with van der Waals surface area (Å²) in [7, 11) is 0. The predicted octanol–water partition coefficient (Wildman–Crippen LogP) is 2.00. The molecule has 1 aromatic heterocycles. The summed E-state index contributed by atoms with van der Waals surface area (Å²) in [6.07, 6.45) is 5.86. The number of amides is 2. The highest BCUT2D eigenvalue weighted by molar-refractivity contribution is 7.99. The first-order valence-electron chi connectivity index (χ1n) is 8.89. The topological polar surface area (TPSA) is 143 Å². The SMILES string of the molecule is O=C(CSc1n[nH]c(CC2CCCC2)n1)NNC(=O)c1ccc([N+](=O)[O-])cc1. The number of hydrogen-bond acceptors (Lipinski definition) is 7. The molecular weight excluding hydrogens is 384 g/mol. The second kappa shape index (κ2) is 9.31. The Morgan fingerprint density at radius 3 is 2.61 bits per heavy atom. The summed E-state index contributed by atoms with van der Waals surface area (Å²) >= 11 is 1.17. The van der Waals surface area contributed by atoms with Crippen LogP contribution in [0.25, 0.3) is 0 Å². The van der Waals surface area contributed by atoms with E-state index in [-0.39, 0.29) is 17.0 Å². The van der Waals surface area contributed by atoms with Crippen molar-refractivity contribution in [3.63, 3.8) is 0 Å². The molecule has 3 rings (SSSR count). The second-order valence-electron chi connectivity index (χ2n) is 6.51. The summed E-state index contributed by atoms with van der Waals surface area (Å²) in [6.45, 7) is 0. The van der Waals surface area contributed by atoms with Crippen LogP contribution >= 0.6 is 11.8 Å². The molecule has 11 heteroatoms. The van der Waals surface area contributed by atoms with E-state index in [1.165, 1.54) is 61.7 Å². The van der Waals surface area contributed by atoms with Gasteiger partial charge in [0.25, 0.3) is 11.6 Å². The van der Waals surface area contributed by atoms with Crippen molar-refractivity contribution in [1.29, 1.82) is 0 Å². The van der Waals surface area contributed by atoms with Gasteiger partial charge in [-0.2, -0.15) is 0 Å². The fourth-order valence-electron chi connectivity index (χ4n) is 3.02. The van der Waals surface area contributed by atoms with Crippen LogP contribution in [0.15, 0.2) is 29.4 Å². The summed E-state index contributed by atoms with van der Waals surface area (Å²) in [5.41, 5.74) is 4.65. The fourth-order valence-corrected chi connectivity index (χ4v) is 3.64. The first-order chi connectivity index (χ1) is 13.5. The smallest absolute Gasteiger partial charge is 0.269 e. The maximum absolute atomic E-state index is 11.9. The second-order valence-corrected chi connectivity index (χ2v) is 7.46. The molecule has 1 saturated carbocycles. The van der Waals surface area contributed by atoms with Gasteiger partial charge in [0.1, 0.15) is 5.82 Å². The van der Waals surface area contributed by atoms with E-state index in [4.69, 9.17) is 0 Å². The van der Waals surface area contributed by atoms with Crippen molar-refractivity contribution in [2.45, 2.75) is 37.3 Å². The molecular formula is C17H20N6O4S. The zero-order chi connectivity index (χ0) is 19.9. The third-order valence-corrected chi connectivity index (χ3v) is 5.30. The van der Waals surface area contributed by atoms with Crippen molar-refractivity contribution in [2.75, 3.05) is 5.75 Å². The van der Waals surface area contributed by atoms with Gasteiger partial charge in [-0.25, -0.2) is 4.98 Å². The van der Waals surface area contributed by atoms with E-state index in [0.717, 1.165) is 12.2 Å². The quantitative estimate of drug-likeness (QED) is 0.364. The van der Waals surface area contributed by atoms with Crippen LogP contribution in [-0.4, -0.2) is 37.7 Å². The third kappa shape index (κ3) is 5.52. The lowest BCUT2D eigenvalue weighted by Crippen LogP contribution is -2.42. The van der Waals surface area contributed by atoms with Crippen molar-refractivity contribution >= 4 is 29.3 Å². The molecule has 2 aromatic rings. The molecule has 1 aliphatic carbocycles. The Morgan fingerprint density at radius 2 is 1.93 bits per heavy atom. The Labute approximate surface area is 165 Å².